The molecule has 3 aromatic carbocycles. The molecule has 0 bridgehead atoms. The van der Waals surface area contributed by atoms with Gasteiger partial charge in [-0.3, -0.25) is 9.35 Å². The van der Waals surface area contributed by atoms with Crippen LogP contribution in [-0.2, 0) is 24.9 Å². The molecule has 11 nitrogen and oxygen atoms in total. The van der Waals surface area contributed by atoms with Crippen LogP contribution in [0, 0.1) is 0 Å². The van der Waals surface area contributed by atoms with Crippen LogP contribution >= 0.6 is 0 Å². The largest absolute Gasteiger partial charge is 0.507 e. The average molecular weight is 544 g/mol. The van der Waals surface area contributed by atoms with E-state index in [2.05, 4.69) is 20.3 Å². The zero-order valence-corrected chi connectivity index (χ0v) is 23.9. The van der Waals surface area contributed by atoms with E-state index < -0.39 is 36.5 Å². The van der Waals surface area contributed by atoms with Crippen LogP contribution in [-0.4, -0.2) is 67.5 Å². The van der Waals surface area contributed by atoms with E-state index in [9.17, 15) is 31.3 Å². The van der Waals surface area contributed by atoms with Gasteiger partial charge in [-0.05, 0) is 69.3 Å². The molecule has 4 N–H and O–H groups in total. The third kappa shape index (κ3) is 7.09. The molecule has 0 saturated heterocycles. The van der Waals surface area contributed by atoms with Gasteiger partial charge in [0.1, 0.15) is 10.6 Å². The summed E-state index contributed by atoms with van der Waals surface area (Å²) in [6, 6.07) is 10.3. The van der Waals surface area contributed by atoms with E-state index >= 15 is 0 Å². The number of carbonyl (C=O) groups excluding carboxylic acids is 1. The van der Waals surface area contributed by atoms with Crippen molar-refractivity contribution in [2.75, 3.05) is 5.32 Å². The number of nitrogens with zero attached hydrogens (tertiary/aromatic N) is 2. The molecule has 187 valence electrons. The van der Waals surface area contributed by atoms with Gasteiger partial charge in [0.05, 0.1) is 27.3 Å². The Morgan fingerprint density at radius 2 is 1.50 bits per heavy atom. The molecule has 0 heterocycles. The number of benzene rings is 3. The van der Waals surface area contributed by atoms with Crippen LogP contribution in [0.15, 0.2) is 68.6 Å². The molecule has 3 aromatic rings. The number of phenolic OH excluding ortho intramolecular Hbond substituents is 1. The molecule has 0 spiro atoms. The second kappa shape index (κ2) is 10.9. The number of fused-ring (bicyclic) bond motifs is 1. The number of anilines is 1. The number of sulfonamides is 1. The summed E-state index contributed by atoms with van der Waals surface area (Å²) in [5.74, 6) is -0.817. The van der Waals surface area contributed by atoms with E-state index in [1.54, 1.807) is 20.8 Å². The van der Waals surface area contributed by atoms with E-state index in [0.717, 1.165) is 6.07 Å². The Morgan fingerprint density at radius 3 is 2.03 bits per heavy atom. The maximum atomic E-state index is 12.5. The van der Waals surface area contributed by atoms with E-state index in [-0.39, 0.29) is 68.0 Å². The van der Waals surface area contributed by atoms with Crippen LogP contribution in [0.3, 0.4) is 0 Å². The molecule has 0 aliphatic rings. The number of carbonyl (C=O) groups is 1. The minimum absolute atomic E-state index is 0. The summed E-state index contributed by atoms with van der Waals surface area (Å²) in [6.07, 6.45) is 0. The number of hydrogen-bond donors (Lipinski definition) is 4. The first-order valence-electron chi connectivity index (χ1n) is 10.2. The normalized spacial score (nSPS) is 12.5. The number of rotatable bonds is 6. The first-order chi connectivity index (χ1) is 16.1. The Morgan fingerprint density at radius 1 is 0.889 bits per heavy atom. The van der Waals surface area contributed by atoms with E-state index in [1.807, 2.05) is 0 Å². The van der Waals surface area contributed by atoms with Crippen molar-refractivity contribution in [1.29, 1.82) is 0 Å². The van der Waals surface area contributed by atoms with Gasteiger partial charge in [-0.15, -0.1) is 5.11 Å². The zero-order valence-electron chi connectivity index (χ0n) is 20.3. The van der Waals surface area contributed by atoms with Gasteiger partial charge in [0, 0.05) is 47.4 Å². The molecule has 1 amide bonds. The second-order valence-corrected chi connectivity index (χ2v) is 11.7. The molecule has 0 saturated carbocycles. The third-order valence-corrected chi connectivity index (χ3v) is 7.20. The zero-order chi connectivity index (χ0) is 26.2. The number of azo groups is 1. The van der Waals surface area contributed by atoms with Gasteiger partial charge >= 0.3 is 0 Å². The van der Waals surface area contributed by atoms with Crippen LogP contribution in [0.5, 0.6) is 5.75 Å². The topological polar surface area (TPSA) is 175 Å². The van der Waals surface area contributed by atoms with Crippen molar-refractivity contribution in [3.63, 3.8) is 0 Å². The molecular weight excluding hydrogens is 519 g/mol. The van der Waals surface area contributed by atoms with Crippen molar-refractivity contribution in [1.82, 2.24) is 4.72 Å². The van der Waals surface area contributed by atoms with Crippen LogP contribution in [0.25, 0.3) is 10.8 Å². The Hall–Kier alpha value is -2.39. The number of aromatic hydroxyl groups is 1. The van der Waals surface area contributed by atoms with Crippen LogP contribution in [0.1, 0.15) is 27.7 Å². The molecule has 1 radical (unpaired) electrons. The predicted molar refractivity (Wildman–Crippen MR) is 136 cm³/mol. The Bertz CT molecular complexity index is 1550. The first kappa shape index (κ1) is 29.8. The number of nitrogens with one attached hydrogen (secondary N) is 2. The summed E-state index contributed by atoms with van der Waals surface area (Å²) in [5.41, 5.74) is -0.329. The van der Waals surface area contributed by atoms with E-state index in [1.165, 1.54) is 49.4 Å². The van der Waals surface area contributed by atoms with Crippen LogP contribution in [0.2, 0.25) is 0 Å². The summed E-state index contributed by atoms with van der Waals surface area (Å²) < 4.78 is 61.2. The maximum absolute atomic E-state index is 12.5. The summed E-state index contributed by atoms with van der Waals surface area (Å²) in [7, 11) is -8.48. The van der Waals surface area contributed by atoms with Gasteiger partial charge in [-0.25, -0.2) is 13.1 Å². The van der Waals surface area contributed by atoms with Gasteiger partial charge in [-0.2, -0.15) is 13.5 Å². The van der Waals surface area contributed by atoms with Crippen molar-refractivity contribution in [3.05, 3.63) is 48.5 Å². The fourth-order valence-corrected chi connectivity index (χ4v) is 5.41. The molecule has 36 heavy (non-hydrogen) atoms. The fraction of sp³-hybridized carbons (Fsp3) is 0.227. The molecule has 0 aliphatic carbocycles. The molecule has 0 unspecified atom stereocenters. The summed E-state index contributed by atoms with van der Waals surface area (Å²) >= 11 is 0. The second-order valence-electron chi connectivity index (χ2n) is 8.67. The van der Waals surface area contributed by atoms with E-state index in [4.69, 9.17) is 0 Å². The van der Waals surface area contributed by atoms with Gasteiger partial charge in [0.25, 0.3) is 10.1 Å². The smallest absolute Gasteiger partial charge is 0.295 e. The van der Waals surface area contributed by atoms with Crippen molar-refractivity contribution < 1.29 is 31.3 Å². The minimum atomic E-state index is -4.73. The fourth-order valence-electron chi connectivity index (χ4n) is 3.29. The van der Waals surface area contributed by atoms with Gasteiger partial charge in [0.15, 0.2) is 0 Å². The molecule has 0 aliphatic heterocycles. The number of phenols is 1. The quantitative estimate of drug-likeness (QED) is 0.207. The number of hydrogen-bond acceptors (Lipinski definition) is 8. The minimum Gasteiger partial charge on any atom is -0.507 e. The van der Waals surface area contributed by atoms with Crippen molar-refractivity contribution in [3.8, 4) is 5.75 Å². The third-order valence-electron chi connectivity index (χ3n) is 4.53. The maximum Gasteiger partial charge on any atom is 0.295 e. The van der Waals surface area contributed by atoms with Gasteiger partial charge < -0.3 is 10.4 Å². The Balaban J connectivity index is 0.00000456. The van der Waals surface area contributed by atoms with Crippen molar-refractivity contribution in [2.45, 2.75) is 43.0 Å². The molecular formula is C22H24N4NaO7S2. The predicted octanol–water partition coefficient (Wildman–Crippen LogP) is 3.86. The monoisotopic (exact) mass is 543 g/mol. The molecule has 0 fully saturated rings. The summed E-state index contributed by atoms with van der Waals surface area (Å²) in [6.45, 7) is 6.39. The van der Waals surface area contributed by atoms with Crippen molar-refractivity contribution >= 4 is 83.4 Å². The van der Waals surface area contributed by atoms with E-state index in [0.29, 0.717) is 0 Å². The number of amides is 1. The molecule has 14 heteroatoms. The molecule has 3 rings (SSSR count). The summed E-state index contributed by atoms with van der Waals surface area (Å²) in [5, 5.41) is 20.8. The standard InChI is InChI=1S/C22H24N4O7S2.Na/c1-13(27)23-16-10-12-19(35(31,32)33)21-17(9-11-18(28)20(16)21)25-24-14-5-7-15(8-6-14)34(29,30)26-22(2,3)4;/h5-12,26,28H,1-4H3,(H,23,27)(H,31,32,33);. The first-order valence-corrected chi connectivity index (χ1v) is 13.1. The Labute approximate surface area is 231 Å². The van der Waals surface area contributed by atoms with Gasteiger partial charge in [-0.1, -0.05) is 0 Å². The Kier molecular flexibility index (Phi) is 9.06. The van der Waals surface area contributed by atoms with Crippen LogP contribution < -0.4 is 10.0 Å². The van der Waals surface area contributed by atoms with Gasteiger partial charge in [0.2, 0.25) is 15.9 Å². The average Bonchev–Trinajstić information content (AvgIpc) is 2.70. The summed E-state index contributed by atoms with van der Waals surface area (Å²) in [4.78, 5) is 11.1. The molecule has 0 atom stereocenters. The molecule has 0 aromatic heterocycles. The van der Waals surface area contributed by atoms with Crippen molar-refractivity contribution in [2.24, 2.45) is 10.2 Å². The van der Waals surface area contributed by atoms with Crippen LogP contribution in [0.4, 0.5) is 17.1 Å². The SMILES string of the molecule is CC(=O)Nc1ccc(S(=O)(=O)O)c2c(N=Nc3ccc(S(=O)(=O)NC(C)(C)C)cc3)ccc(O)c12.[Na].